The summed E-state index contributed by atoms with van der Waals surface area (Å²) in [6, 6.07) is 17.3. The van der Waals surface area contributed by atoms with Crippen LogP contribution in [0.1, 0.15) is 22.3 Å². The number of para-hydroxylation sites is 1. The number of benzene rings is 2. The van der Waals surface area contributed by atoms with Gasteiger partial charge in [-0.2, -0.15) is 10.5 Å². The summed E-state index contributed by atoms with van der Waals surface area (Å²) in [6.07, 6.45) is 0. The molecule has 0 bridgehead atoms. The van der Waals surface area contributed by atoms with E-state index >= 15 is 0 Å². The molecule has 0 atom stereocenters. The molecule has 0 aliphatic carbocycles. The van der Waals surface area contributed by atoms with Crippen molar-refractivity contribution < 1.29 is 0 Å². The molecule has 3 nitrogen and oxygen atoms in total. The average molecular weight is 247 g/mol. The van der Waals surface area contributed by atoms with Gasteiger partial charge in [-0.25, -0.2) is 0 Å². The molecule has 1 N–H and O–H groups in total. The molecule has 0 saturated heterocycles. The molecule has 2 rings (SSSR count). The molecule has 2 aromatic rings. The molecule has 0 aliphatic heterocycles. The Hall–Kier alpha value is -2.78. The number of hydrogen-bond donors (Lipinski definition) is 1. The number of nitrogens with one attached hydrogen (secondary N) is 1. The second-order valence-electron chi connectivity index (χ2n) is 4.26. The first-order valence-corrected chi connectivity index (χ1v) is 5.97. The predicted molar refractivity (Wildman–Crippen MR) is 74.4 cm³/mol. The van der Waals surface area contributed by atoms with Crippen LogP contribution in [-0.2, 0) is 6.54 Å². The Bertz CT molecular complexity index is 675. The van der Waals surface area contributed by atoms with Crippen molar-refractivity contribution in [2.24, 2.45) is 0 Å². The third-order valence-corrected chi connectivity index (χ3v) is 2.99. The van der Waals surface area contributed by atoms with Crippen molar-refractivity contribution in [3.05, 3.63) is 64.7 Å². The Labute approximate surface area is 112 Å². The Balaban J connectivity index is 2.16. The molecule has 0 heterocycles. The molecule has 0 unspecified atom stereocenters. The van der Waals surface area contributed by atoms with Crippen molar-refractivity contribution in [1.29, 1.82) is 10.5 Å². The van der Waals surface area contributed by atoms with Gasteiger partial charge in [0.2, 0.25) is 0 Å². The number of nitrogens with zero attached hydrogens (tertiary/aromatic N) is 2. The minimum Gasteiger partial charge on any atom is -0.380 e. The predicted octanol–water partition coefficient (Wildman–Crippen LogP) is 3.35. The number of nitriles is 2. The van der Waals surface area contributed by atoms with Gasteiger partial charge >= 0.3 is 0 Å². The molecular weight excluding hydrogens is 234 g/mol. The minimum absolute atomic E-state index is 0.633. The van der Waals surface area contributed by atoms with Gasteiger partial charge in [0.1, 0.15) is 6.07 Å². The van der Waals surface area contributed by atoms with Crippen molar-refractivity contribution in [1.82, 2.24) is 0 Å². The van der Waals surface area contributed by atoms with E-state index in [4.69, 9.17) is 10.5 Å². The highest BCUT2D eigenvalue weighted by Crippen LogP contribution is 2.17. The molecular formula is C16H13N3. The summed E-state index contributed by atoms with van der Waals surface area (Å²) in [5.41, 5.74) is 4.31. The van der Waals surface area contributed by atoms with Crippen LogP contribution in [0.2, 0.25) is 0 Å². The first-order chi connectivity index (χ1) is 9.24. The summed E-state index contributed by atoms with van der Waals surface area (Å²) in [6.45, 7) is 2.62. The summed E-state index contributed by atoms with van der Waals surface area (Å²) in [7, 11) is 0. The highest BCUT2D eigenvalue weighted by atomic mass is 14.9. The van der Waals surface area contributed by atoms with Crippen LogP contribution >= 0.6 is 0 Å². The molecule has 92 valence electrons. The molecule has 0 saturated carbocycles. The van der Waals surface area contributed by atoms with Gasteiger partial charge in [-0.05, 0) is 42.3 Å². The van der Waals surface area contributed by atoms with Gasteiger partial charge in [0.15, 0.2) is 0 Å². The lowest BCUT2D eigenvalue weighted by Gasteiger charge is -2.10. The molecule has 0 aliphatic rings. The summed E-state index contributed by atoms with van der Waals surface area (Å²) in [5.74, 6) is 0. The number of hydrogen-bond acceptors (Lipinski definition) is 3. The fraction of sp³-hybridized carbons (Fsp3) is 0.125. The van der Waals surface area contributed by atoms with Crippen LogP contribution in [0, 0.1) is 29.6 Å². The molecule has 19 heavy (non-hydrogen) atoms. The molecule has 0 spiro atoms. The number of rotatable bonds is 3. The van der Waals surface area contributed by atoms with E-state index in [1.54, 1.807) is 12.1 Å². The third-order valence-electron chi connectivity index (χ3n) is 2.99. The lowest BCUT2D eigenvalue weighted by atomic mass is 10.1. The zero-order chi connectivity index (χ0) is 13.7. The van der Waals surface area contributed by atoms with Gasteiger partial charge in [-0.15, -0.1) is 0 Å². The second kappa shape index (κ2) is 5.71. The van der Waals surface area contributed by atoms with Crippen molar-refractivity contribution in [2.45, 2.75) is 13.5 Å². The monoisotopic (exact) mass is 247 g/mol. The molecule has 3 heteroatoms. The maximum atomic E-state index is 9.01. The highest BCUT2D eigenvalue weighted by molar-refractivity contribution is 5.57. The molecule has 0 radical (unpaired) electrons. The fourth-order valence-corrected chi connectivity index (χ4v) is 1.89. The fourth-order valence-electron chi connectivity index (χ4n) is 1.89. The van der Waals surface area contributed by atoms with Gasteiger partial charge in [0.25, 0.3) is 0 Å². The van der Waals surface area contributed by atoms with Gasteiger partial charge in [-0.3, -0.25) is 0 Å². The maximum absolute atomic E-state index is 9.01. The van der Waals surface area contributed by atoms with Crippen molar-refractivity contribution >= 4 is 5.69 Å². The summed E-state index contributed by atoms with van der Waals surface area (Å²) in [4.78, 5) is 0. The zero-order valence-electron chi connectivity index (χ0n) is 10.6. The van der Waals surface area contributed by atoms with Crippen LogP contribution in [0.5, 0.6) is 0 Å². The van der Waals surface area contributed by atoms with E-state index in [9.17, 15) is 0 Å². The molecule has 2 aromatic carbocycles. The van der Waals surface area contributed by atoms with Crippen LogP contribution in [-0.4, -0.2) is 0 Å². The van der Waals surface area contributed by atoms with E-state index in [1.165, 1.54) is 0 Å². The Morgan fingerprint density at radius 1 is 1.05 bits per heavy atom. The van der Waals surface area contributed by atoms with Crippen LogP contribution < -0.4 is 5.32 Å². The minimum atomic E-state index is 0.633. The maximum Gasteiger partial charge on any atom is 0.101 e. The van der Waals surface area contributed by atoms with E-state index in [0.717, 1.165) is 16.8 Å². The molecule has 0 aromatic heterocycles. The number of aryl methyl sites for hydroxylation is 1. The van der Waals surface area contributed by atoms with Gasteiger partial charge in [0, 0.05) is 6.54 Å². The Morgan fingerprint density at radius 2 is 1.84 bits per heavy atom. The van der Waals surface area contributed by atoms with Crippen LogP contribution in [0.25, 0.3) is 0 Å². The third kappa shape index (κ3) is 2.91. The first kappa shape index (κ1) is 12.7. The van der Waals surface area contributed by atoms with E-state index in [2.05, 4.69) is 17.5 Å². The van der Waals surface area contributed by atoms with E-state index < -0.39 is 0 Å². The summed E-state index contributed by atoms with van der Waals surface area (Å²) < 4.78 is 0. The Kier molecular flexibility index (Phi) is 3.81. The lowest BCUT2D eigenvalue weighted by molar-refractivity contribution is 1.11. The second-order valence-corrected chi connectivity index (χ2v) is 4.26. The van der Waals surface area contributed by atoms with E-state index in [-0.39, 0.29) is 0 Å². The van der Waals surface area contributed by atoms with Gasteiger partial charge in [-0.1, -0.05) is 18.2 Å². The zero-order valence-corrected chi connectivity index (χ0v) is 10.6. The van der Waals surface area contributed by atoms with Crippen molar-refractivity contribution in [2.75, 3.05) is 5.32 Å². The van der Waals surface area contributed by atoms with Crippen LogP contribution in [0.4, 0.5) is 5.69 Å². The van der Waals surface area contributed by atoms with Gasteiger partial charge < -0.3 is 5.32 Å². The summed E-state index contributed by atoms with van der Waals surface area (Å²) in [5, 5.41) is 21.1. The van der Waals surface area contributed by atoms with Crippen LogP contribution in [0.3, 0.4) is 0 Å². The topological polar surface area (TPSA) is 59.6 Å². The quantitative estimate of drug-likeness (QED) is 0.904. The number of anilines is 1. The lowest BCUT2D eigenvalue weighted by Crippen LogP contribution is -2.03. The van der Waals surface area contributed by atoms with E-state index in [1.807, 2.05) is 37.3 Å². The van der Waals surface area contributed by atoms with Crippen molar-refractivity contribution in [3.63, 3.8) is 0 Å². The van der Waals surface area contributed by atoms with Gasteiger partial charge in [0.05, 0.1) is 22.9 Å². The SMILES string of the molecule is Cc1cc(C#N)ccc1CNc1ccccc1C#N. The first-order valence-electron chi connectivity index (χ1n) is 5.97. The highest BCUT2D eigenvalue weighted by Gasteiger charge is 2.03. The van der Waals surface area contributed by atoms with Crippen molar-refractivity contribution in [3.8, 4) is 12.1 Å². The van der Waals surface area contributed by atoms with E-state index in [0.29, 0.717) is 17.7 Å². The smallest absolute Gasteiger partial charge is 0.101 e. The molecule has 0 fully saturated rings. The van der Waals surface area contributed by atoms with Crippen LogP contribution in [0.15, 0.2) is 42.5 Å². The Morgan fingerprint density at radius 3 is 2.53 bits per heavy atom. The normalized spacial score (nSPS) is 9.42. The standard InChI is InChI=1S/C16H13N3/c1-12-8-13(9-17)6-7-15(12)11-19-16-5-3-2-4-14(16)10-18/h2-8,19H,11H2,1H3. The molecule has 0 amide bonds. The summed E-state index contributed by atoms with van der Waals surface area (Å²) >= 11 is 0. The average Bonchev–Trinajstić information content (AvgIpc) is 2.46. The largest absolute Gasteiger partial charge is 0.380 e.